The van der Waals surface area contributed by atoms with Crippen molar-refractivity contribution in [1.82, 2.24) is 9.97 Å². The van der Waals surface area contributed by atoms with Crippen molar-refractivity contribution in [1.29, 1.82) is 0 Å². The van der Waals surface area contributed by atoms with Gasteiger partial charge in [-0.25, -0.2) is 4.98 Å². The third-order valence-corrected chi connectivity index (χ3v) is 3.11. The van der Waals surface area contributed by atoms with Crippen molar-refractivity contribution < 1.29 is 14.3 Å². The first-order valence-corrected chi connectivity index (χ1v) is 6.44. The summed E-state index contributed by atoms with van der Waals surface area (Å²) in [5.41, 5.74) is 0.528. The summed E-state index contributed by atoms with van der Waals surface area (Å²) in [5, 5.41) is 6.05. The van der Waals surface area contributed by atoms with Gasteiger partial charge in [0.15, 0.2) is 12.4 Å². The van der Waals surface area contributed by atoms with Crippen LogP contribution in [-0.2, 0) is 16.0 Å². The van der Waals surface area contributed by atoms with Gasteiger partial charge in [-0.15, -0.1) is 0 Å². The summed E-state index contributed by atoms with van der Waals surface area (Å²) in [6.45, 7) is 3.37. The van der Waals surface area contributed by atoms with Crippen LogP contribution in [0.25, 0.3) is 0 Å². The van der Waals surface area contributed by atoms with Crippen LogP contribution in [0.5, 0.6) is 5.88 Å². The van der Waals surface area contributed by atoms with Crippen LogP contribution in [0.3, 0.4) is 0 Å². The monoisotopic (exact) mass is 264 g/mol. The van der Waals surface area contributed by atoms with Crippen LogP contribution in [0.1, 0.15) is 19.2 Å². The van der Waals surface area contributed by atoms with Gasteiger partial charge in [0.2, 0.25) is 5.88 Å². The maximum absolute atomic E-state index is 11.4. The Balaban J connectivity index is 1.93. The highest BCUT2D eigenvalue weighted by molar-refractivity contribution is 5.98. The summed E-state index contributed by atoms with van der Waals surface area (Å²) in [5.74, 6) is 1.56. The molecule has 1 atom stereocenters. The highest BCUT2D eigenvalue weighted by Gasteiger charge is 2.25. The lowest BCUT2D eigenvalue weighted by Gasteiger charge is -2.22. The molecule has 1 aromatic rings. The first-order chi connectivity index (χ1) is 9.26. The number of nitrogens with zero attached hydrogens (tertiary/aromatic N) is 2. The number of amides is 1. The van der Waals surface area contributed by atoms with Gasteiger partial charge < -0.3 is 20.1 Å². The summed E-state index contributed by atoms with van der Waals surface area (Å²) in [7, 11) is 0. The van der Waals surface area contributed by atoms with E-state index in [2.05, 4.69) is 20.6 Å². The lowest BCUT2D eigenvalue weighted by molar-refractivity contribution is -0.118. The number of anilines is 2. The average Bonchev–Trinajstić information content (AvgIpc) is 2.92. The van der Waals surface area contributed by atoms with E-state index in [-0.39, 0.29) is 18.6 Å². The number of rotatable bonds is 3. The maximum Gasteiger partial charge on any atom is 0.262 e. The summed E-state index contributed by atoms with van der Waals surface area (Å²) in [6, 6.07) is 0.211. The van der Waals surface area contributed by atoms with Crippen LogP contribution in [0.15, 0.2) is 0 Å². The van der Waals surface area contributed by atoms with E-state index < -0.39 is 0 Å². The van der Waals surface area contributed by atoms with Gasteiger partial charge in [0, 0.05) is 13.0 Å². The summed E-state index contributed by atoms with van der Waals surface area (Å²) in [4.78, 5) is 20.1. The van der Waals surface area contributed by atoms with Gasteiger partial charge in [0.25, 0.3) is 5.91 Å². The van der Waals surface area contributed by atoms with Crippen LogP contribution >= 0.6 is 0 Å². The zero-order valence-corrected chi connectivity index (χ0v) is 10.7. The van der Waals surface area contributed by atoms with Crippen molar-refractivity contribution in [3.63, 3.8) is 0 Å². The van der Waals surface area contributed by atoms with E-state index in [1.807, 2.05) is 6.92 Å². The fourth-order valence-electron chi connectivity index (χ4n) is 2.12. The van der Waals surface area contributed by atoms with Gasteiger partial charge in [0.05, 0.1) is 12.6 Å². The molecule has 7 nitrogen and oxygen atoms in total. The van der Waals surface area contributed by atoms with Crippen molar-refractivity contribution in [3.05, 3.63) is 5.82 Å². The Morgan fingerprint density at radius 3 is 3.11 bits per heavy atom. The van der Waals surface area contributed by atoms with Crippen molar-refractivity contribution in [2.45, 2.75) is 25.8 Å². The average molecular weight is 264 g/mol. The number of carbonyl (C=O) groups excluding carboxylic acids is 1. The molecule has 0 spiro atoms. The van der Waals surface area contributed by atoms with E-state index in [1.165, 1.54) is 0 Å². The molecule has 2 aliphatic rings. The maximum atomic E-state index is 11.4. The molecule has 1 saturated heterocycles. The SMILES string of the molecule is CCc1nc(NC2CCOC2)c2c(n1)OCC(=O)N2. The van der Waals surface area contributed by atoms with Crippen molar-refractivity contribution in [2.24, 2.45) is 0 Å². The molecule has 102 valence electrons. The summed E-state index contributed by atoms with van der Waals surface area (Å²) >= 11 is 0. The van der Waals surface area contributed by atoms with Crippen molar-refractivity contribution >= 4 is 17.4 Å². The largest absolute Gasteiger partial charge is 0.466 e. The number of hydrogen-bond donors (Lipinski definition) is 2. The molecule has 0 bridgehead atoms. The second kappa shape index (κ2) is 5.00. The number of aromatic nitrogens is 2. The minimum Gasteiger partial charge on any atom is -0.466 e. The molecular formula is C12H16N4O3. The van der Waals surface area contributed by atoms with Crippen molar-refractivity contribution in [2.75, 3.05) is 30.5 Å². The van der Waals surface area contributed by atoms with Gasteiger partial charge in [-0.05, 0) is 6.42 Å². The molecule has 0 aromatic carbocycles. The van der Waals surface area contributed by atoms with Crippen LogP contribution < -0.4 is 15.4 Å². The minimum absolute atomic E-state index is 0.000846. The van der Waals surface area contributed by atoms with Gasteiger partial charge in [-0.3, -0.25) is 4.79 Å². The van der Waals surface area contributed by atoms with E-state index in [0.29, 0.717) is 36.2 Å². The van der Waals surface area contributed by atoms with Gasteiger partial charge in [0.1, 0.15) is 11.5 Å². The summed E-state index contributed by atoms with van der Waals surface area (Å²) < 4.78 is 10.7. The molecule has 1 unspecified atom stereocenters. The standard InChI is InChI=1S/C12H16N4O3/c1-2-8-14-11(13-7-3-4-18-5-7)10-12(15-8)19-6-9(17)16-10/h7H,2-6H2,1H3,(H,16,17)(H,13,14,15). The third-order valence-electron chi connectivity index (χ3n) is 3.11. The number of aryl methyl sites for hydroxylation is 1. The molecule has 3 rings (SSSR count). The molecule has 0 aliphatic carbocycles. The van der Waals surface area contributed by atoms with E-state index >= 15 is 0 Å². The number of ether oxygens (including phenoxy) is 2. The molecule has 0 saturated carbocycles. The molecule has 7 heteroatoms. The van der Waals surface area contributed by atoms with Crippen LogP contribution in [-0.4, -0.2) is 41.7 Å². The molecule has 0 radical (unpaired) electrons. The van der Waals surface area contributed by atoms with Crippen LogP contribution in [0, 0.1) is 0 Å². The second-order valence-electron chi connectivity index (χ2n) is 4.56. The zero-order valence-electron chi connectivity index (χ0n) is 10.7. The second-order valence-corrected chi connectivity index (χ2v) is 4.56. The minimum atomic E-state index is -0.189. The molecule has 1 aromatic heterocycles. The molecule has 1 fully saturated rings. The van der Waals surface area contributed by atoms with Gasteiger partial charge in [-0.2, -0.15) is 4.98 Å². The first-order valence-electron chi connectivity index (χ1n) is 6.44. The normalized spacial score (nSPS) is 21.5. The fraction of sp³-hybridized carbons (Fsp3) is 0.583. The van der Waals surface area contributed by atoms with E-state index in [1.54, 1.807) is 0 Å². The molecular weight excluding hydrogens is 248 g/mol. The highest BCUT2D eigenvalue weighted by Crippen LogP contribution is 2.32. The number of fused-ring (bicyclic) bond motifs is 1. The van der Waals surface area contributed by atoms with E-state index in [0.717, 1.165) is 13.0 Å². The Labute approximate surface area is 110 Å². The quantitative estimate of drug-likeness (QED) is 0.830. The Morgan fingerprint density at radius 2 is 2.37 bits per heavy atom. The fourth-order valence-corrected chi connectivity index (χ4v) is 2.12. The Morgan fingerprint density at radius 1 is 1.47 bits per heavy atom. The Kier molecular flexibility index (Phi) is 3.20. The third kappa shape index (κ3) is 2.46. The van der Waals surface area contributed by atoms with Crippen LogP contribution in [0.2, 0.25) is 0 Å². The lowest BCUT2D eigenvalue weighted by atomic mass is 10.2. The Bertz CT molecular complexity index is 500. The molecule has 3 heterocycles. The van der Waals surface area contributed by atoms with Gasteiger partial charge >= 0.3 is 0 Å². The first kappa shape index (κ1) is 12.2. The predicted octanol–water partition coefficient (Wildman–Crippen LogP) is 0.571. The predicted molar refractivity (Wildman–Crippen MR) is 68.4 cm³/mol. The van der Waals surface area contributed by atoms with E-state index in [9.17, 15) is 4.79 Å². The number of carbonyl (C=O) groups is 1. The summed E-state index contributed by atoms with van der Waals surface area (Å²) in [6.07, 6.45) is 1.63. The van der Waals surface area contributed by atoms with E-state index in [4.69, 9.17) is 9.47 Å². The topological polar surface area (TPSA) is 85.4 Å². The Hall–Kier alpha value is -1.89. The smallest absolute Gasteiger partial charge is 0.262 e. The molecule has 2 N–H and O–H groups in total. The van der Waals surface area contributed by atoms with Crippen molar-refractivity contribution in [3.8, 4) is 5.88 Å². The number of nitrogens with one attached hydrogen (secondary N) is 2. The molecule has 2 aliphatic heterocycles. The number of hydrogen-bond acceptors (Lipinski definition) is 6. The van der Waals surface area contributed by atoms with Gasteiger partial charge in [-0.1, -0.05) is 6.92 Å². The zero-order chi connectivity index (χ0) is 13.2. The lowest BCUT2D eigenvalue weighted by Crippen LogP contribution is -2.29. The van der Waals surface area contributed by atoms with Crippen LogP contribution in [0.4, 0.5) is 11.5 Å². The molecule has 1 amide bonds. The molecule has 19 heavy (non-hydrogen) atoms. The highest BCUT2D eigenvalue weighted by atomic mass is 16.5.